The maximum absolute atomic E-state index is 12.4. The lowest BCUT2D eigenvalue weighted by molar-refractivity contribution is -0.365. The number of aliphatic hydroxyl groups is 7. The van der Waals surface area contributed by atoms with Crippen molar-refractivity contribution in [3.8, 4) is 0 Å². The van der Waals surface area contributed by atoms with E-state index in [-0.39, 0.29) is 64.0 Å². The number of rotatable bonds is 5. The highest BCUT2D eigenvalue weighted by atomic mass is 16.8. The summed E-state index contributed by atoms with van der Waals surface area (Å²) in [5, 5.41) is 77.4. The van der Waals surface area contributed by atoms with Crippen LogP contribution in [0, 0.1) is 50.7 Å². The maximum Gasteiger partial charge on any atom is 0.303 e. The van der Waals surface area contributed by atoms with Gasteiger partial charge in [-0.15, -0.1) is 0 Å². The van der Waals surface area contributed by atoms with Crippen molar-refractivity contribution < 1.29 is 64.2 Å². The zero-order valence-corrected chi connectivity index (χ0v) is 33.7. The van der Waals surface area contributed by atoms with Crippen LogP contribution in [-0.2, 0) is 28.5 Å². The Hall–Kier alpha value is -0.970. The van der Waals surface area contributed by atoms with E-state index in [1.165, 1.54) is 6.92 Å². The summed E-state index contributed by atoms with van der Waals surface area (Å²) in [5.41, 5.74) is -2.28. The van der Waals surface area contributed by atoms with Crippen molar-refractivity contribution in [3.05, 3.63) is 0 Å². The van der Waals surface area contributed by atoms with Gasteiger partial charge in [0.1, 0.15) is 42.2 Å². The fraction of sp³-hybridized carbons (Fsp3) is 0.976. The monoisotopic (exact) mass is 768 g/mol. The average molecular weight is 769 g/mol. The topological polar surface area (TPSA) is 205 Å². The largest absolute Gasteiger partial charge is 0.459 e. The minimum absolute atomic E-state index is 0.0638. The van der Waals surface area contributed by atoms with Crippen LogP contribution in [0.1, 0.15) is 114 Å². The molecule has 0 aromatic heterocycles. The fourth-order valence-corrected chi connectivity index (χ4v) is 14.9. The normalized spacial score (nSPS) is 58.3. The molecule has 0 amide bonds. The summed E-state index contributed by atoms with van der Waals surface area (Å²) in [7, 11) is 0. The SMILES string of the molecule is CC(=O)OC1(C)CCC2(C)C1C(O)CC1(C)C2C(O)CC2C3(C)CCC(OC4OCC(O)C(O)C4OC4OC(C)C(O)C(O)C4O)C(C)(C)C3CCC21C. The quantitative estimate of drug-likeness (QED) is 0.159. The van der Waals surface area contributed by atoms with E-state index in [2.05, 4.69) is 41.5 Å². The van der Waals surface area contributed by atoms with Crippen LogP contribution in [0.3, 0.4) is 0 Å². The lowest BCUT2D eigenvalue weighted by Crippen LogP contribution is -2.72. The van der Waals surface area contributed by atoms with E-state index in [1.807, 2.05) is 6.92 Å². The molecule has 7 fully saturated rings. The first-order chi connectivity index (χ1) is 25.0. The second-order valence-electron chi connectivity index (χ2n) is 20.5. The zero-order chi connectivity index (χ0) is 39.7. The number of hydrogen-bond acceptors (Lipinski definition) is 13. The second-order valence-corrected chi connectivity index (χ2v) is 20.5. The molecule has 2 heterocycles. The second kappa shape index (κ2) is 13.5. The highest BCUT2D eigenvalue weighted by Crippen LogP contribution is 2.78. The van der Waals surface area contributed by atoms with E-state index in [1.54, 1.807) is 6.92 Å². The molecular formula is C41H68O13. The lowest BCUT2D eigenvalue weighted by atomic mass is 9.31. The molecule has 54 heavy (non-hydrogen) atoms. The average Bonchev–Trinajstić information content (AvgIpc) is 3.34. The van der Waals surface area contributed by atoms with E-state index in [0.717, 1.165) is 25.7 Å². The molecule has 7 N–H and O–H groups in total. The molecule has 21 atom stereocenters. The van der Waals surface area contributed by atoms with Gasteiger partial charge in [0.05, 0.1) is 31.0 Å². The minimum atomic E-state index is -1.61. The molecule has 0 radical (unpaired) electrons. The van der Waals surface area contributed by atoms with Crippen molar-refractivity contribution in [1.29, 1.82) is 0 Å². The van der Waals surface area contributed by atoms with Crippen LogP contribution in [0.25, 0.3) is 0 Å². The van der Waals surface area contributed by atoms with Gasteiger partial charge in [-0.25, -0.2) is 0 Å². The predicted molar refractivity (Wildman–Crippen MR) is 193 cm³/mol. The molecule has 13 heteroatoms. The number of carbonyl (C=O) groups is 1. The third-order valence-electron chi connectivity index (χ3n) is 17.3. The van der Waals surface area contributed by atoms with Gasteiger partial charge >= 0.3 is 5.97 Å². The summed E-state index contributed by atoms with van der Waals surface area (Å²) in [5.74, 6) is -0.300. The summed E-state index contributed by atoms with van der Waals surface area (Å²) in [6.45, 7) is 18.5. The van der Waals surface area contributed by atoms with Crippen molar-refractivity contribution in [2.45, 2.75) is 193 Å². The summed E-state index contributed by atoms with van der Waals surface area (Å²) >= 11 is 0. The molecule has 2 aliphatic heterocycles. The molecule has 0 bridgehead atoms. The number of fused-ring (bicyclic) bond motifs is 7. The molecule has 7 rings (SSSR count). The Morgan fingerprint density at radius 1 is 0.667 bits per heavy atom. The summed E-state index contributed by atoms with van der Waals surface area (Å²) in [4.78, 5) is 12.2. The molecule has 310 valence electrons. The smallest absolute Gasteiger partial charge is 0.303 e. The van der Waals surface area contributed by atoms with Gasteiger partial charge in [0.25, 0.3) is 0 Å². The van der Waals surface area contributed by atoms with Gasteiger partial charge < -0.3 is 59.4 Å². The zero-order valence-electron chi connectivity index (χ0n) is 33.7. The van der Waals surface area contributed by atoms with Crippen LogP contribution in [-0.4, -0.2) is 128 Å². The van der Waals surface area contributed by atoms with Gasteiger partial charge in [-0.2, -0.15) is 0 Å². The first-order valence-electron chi connectivity index (χ1n) is 20.5. The summed E-state index contributed by atoms with van der Waals surface area (Å²) < 4.78 is 30.4. The Kier molecular flexibility index (Phi) is 10.3. The standard InChI is InChI=1S/C41H68O13/c1-19-27(46)29(48)30(49)34(51-19)53-31-28(47)23(45)18-50-35(31)52-26-11-12-37(5)24(36(26,3)4)10-13-39(7)25(37)16-21(43)32-38(6)14-15-41(9,54-20(2)42)33(38)22(44)17-40(32,39)8/h19,21-35,43-49H,10-18H2,1-9H3. The summed E-state index contributed by atoms with van der Waals surface area (Å²) in [6.07, 6.45) is -7.44. The first-order valence-corrected chi connectivity index (χ1v) is 20.5. The van der Waals surface area contributed by atoms with Gasteiger partial charge in [0.2, 0.25) is 0 Å². The highest BCUT2D eigenvalue weighted by molar-refractivity contribution is 5.66. The van der Waals surface area contributed by atoms with Crippen LogP contribution in [0.5, 0.6) is 0 Å². The lowest BCUT2D eigenvalue weighted by Gasteiger charge is -2.74. The van der Waals surface area contributed by atoms with Gasteiger partial charge in [-0.05, 0) is 110 Å². The first kappa shape index (κ1) is 41.2. The van der Waals surface area contributed by atoms with E-state index in [9.17, 15) is 40.5 Å². The van der Waals surface area contributed by atoms with Crippen LogP contribution in [0.15, 0.2) is 0 Å². The maximum atomic E-state index is 12.4. The van der Waals surface area contributed by atoms with Crippen molar-refractivity contribution in [1.82, 2.24) is 0 Å². The van der Waals surface area contributed by atoms with Gasteiger partial charge in [0, 0.05) is 12.8 Å². The van der Waals surface area contributed by atoms with Gasteiger partial charge in [0.15, 0.2) is 12.6 Å². The van der Waals surface area contributed by atoms with E-state index in [0.29, 0.717) is 25.7 Å². The summed E-state index contributed by atoms with van der Waals surface area (Å²) in [6, 6.07) is 0. The minimum Gasteiger partial charge on any atom is -0.459 e. The van der Waals surface area contributed by atoms with Crippen molar-refractivity contribution in [2.75, 3.05) is 6.61 Å². The Morgan fingerprint density at radius 2 is 1.35 bits per heavy atom. The van der Waals surface area contributed by atoms with E-state index < -0.39 is 78.5 Å². The van der Waals surface area contributed by atoms with Crippen molar-refractivity contribution in [2.24, 2.45) is 50.7 Å². The van der Waals surface area contributed by atoms with E-state index >= 15 is 0 Å². The molecular weight excluding hydrogens is 700 g/mol. The molecule has 5 aliphatic carbocycles. The van der Waals surface area contributed by atoms with Crippen LogP contribution >= 0.6 is 0 Å². The number of aliphatic hydroxyl groups excluding tert-OH is 7. The Balaban J connectivity index is 1.13. The van der Waals surface area contributed by atoms with Crippen LogP contribution in [0.2, 0.25) is 0 Å². The third kappa shape index (κ3) is 5.83. The van der Waals surface area contributed by atoms with Gasteiger partial charge in [-0.1, -0.05) is 41.5 Å². The van der Waals surface area contributed by atoms with Gasteiger partial charge in [-0.3, -0.25) is 4.79 Å². The van der Waals surface area contributed by atoms with E-state index in [4.69, 9.17) is 23.7 Å². The molecule has 0 spiro atoms. The van der Waals surface area contributed by atoms with Crippen molar-refractivity contribution >= 4 is 5.97 Å². The van der Waals surface area contributed by atoms with Crippen molar-refractivity contribution in [3.63, 3.8) is 0 Å². The molecule has 5 saturated carbocycles. The molecule has 21 unspecified atom stereocenters. The van der Waals surface area contributed by atoms with Crippen LogP contribution in [0.4, 0.5) is 0 Å². The number of hydrogen-bond donors (Lipinski definition) is 7. The molecule has 13 nitrogen and oxygen atoms in total. The number of ether oxygens (including phenoxy) is 5. The molecule has 7 aliphatic rings. The molecule has 0 aromatic carbocycles. The number of esters is 1. The Labute approximate surface area is 320 Å². The molecule has 2 saturated heterocycles. The van der Waals surface area contributed by atoms with Crippen LogP contribution < -0.4 is 0 Å². The third-order valence-corrected chi connectivity index (χ3v) is 17.3. The fourth-order valence-electron chi connectivity index (χ4n) is 14.9. The molecule has 0 aromatic rings. The number of carbonyl (C=O) groups excluding carboxylic acids is 1. The highest BCUT2D eigenvalue weighted by Gasteiger charge is 2.76. The predicted octanol–water partition coefficient (Wildman–Crippen LogP) is 2.41. The Morgan fingerprint density at radius 3 is 2.02 bits per heavy atom. The Bertz CT molecular complexity index is 1430.